The number of rotatable bonds is 2. The van der Waals surface area contributed by atoms with Crippen LogP contribution in [0.2, 0.25) is 0 Å². The number of hydrogen-bond acceptors (Lipinski definition) is 2. The smallest absolute Gasteiger partial charge is 0.209 e. The maximum Gasteiger partial charge on any atom is 0.209 e. The third-order valence-corrected chi connectivity index (χ3v) is 3.96. The van der Waals surface area contributed by atoms with E-state index in [0.29, 0.717) is 0 Å². The Kier molecular flexibility index (Phi) is 4.37. The van der Waals surface area contributed by atoms with Crippen molar-refractivity contribution in [3.8, 4) is 0 Å². The average molecular weight is 277 g/mol. The summed E-state index contributed by atoms with van der Waals surface area (Å²) in [7, 11) is 0. The molecule has 0 spiro atoms. The summed E-state index contributed by atoms with van der Waals surface area (Å²) in [6.45, 7) is 7.22. The van der Waals surface area contributed by atoms with Crippen molar-refractivity contribution in [2.24, 2.45) is 0 Å². The molecule has 0 radical (unpaired) electrons. The summed E-state index contributed by atoms with van der Waals surface area (Å²) >= 11 is 5.44. The molecular weight excluding hydrogens is 258 g/mol. The minimum atomic E-state index is 0.734. The molecule has 1 heterocycles. The van der Waals surface area contributed by atoms with Crippen LogP contribution in [-0.4, -0.2) is 47.5 Å². The lowest BCUT2D eigenvalue weighted by molar-refractivity contribution is -0.119. The first-order valence-electron chi connectivity index (χ1n) is 6.43. The molecule has 0 saturated carbocycles. The summed E-state index contributed by atoms with van der Waals surface area (Å²) in [5.74, 6) is 0. The summed E-state index contributed by atoms with van der Waals surface area (Å²) < 4.78 is 0. The van der Waals surface area contributed by atoms with Gasteiger partial charge in [0.2, 0.25) is 6.41 Å². The number of carbonyl (C=O) groups is 1. The summed E-state index contributed by atoms with van der Waals surface area (Å²) in [5.41, 5.74) is 3.53. The Morgan fingerprint density at radius 1 is 1.26 bits per heavy atom. The van der Waals surface area contributed by atoms with Gasteiger partial charge >= 0.3 is 0 Å². The number of anilines is 1. The van der Waals surface area contributed by atoms with Crippen LogP contribution in [0.25, 0.3) is 0 Å². The van der Waals surface area contributed by atoms with Crippen LogP contribution in [-0.2, 0) is 4.79 Å². The van der Waals surface area contributed by atoms with Gasteiger partial charge in [0.1, 0.15) is 0 Å². The van der Waals surface area contributed by atoms with Crippen LogP contribution < -0.4 is 5.32 Å². The third kappa shape index (κ3) is 3.23. The zero-order chi connectivity index (χ0) is 13.8. The lowest BCUT2D eigenvalue weighted by atomic mass is 10.1. The molecule has 19 heavy (non-hydrogen) atoms. The van der Waals surface area contributed by atoms with E-state index in [1.54, 1.807) is 4.90 Å². The third-order valence-electron chi connectivity index (χ3n) is 3.60. The Bertz CT molecular complexity index is 482. The molecule has 1 fully saturated rings. The summed E-state index contributed by atoms with van der Waals surface area (Å²) in [6, 6.07) is 6.15. The van der Waals surface area contributed by atoms with E-state index >= 15 is 0 Å². The van der Waals surface area contributed by atoms with Gasteiger partial charge in [0.15, 0.2) is 5.11 Å². The molecule has 102 valence electrons. The topological polar surface area (TPSA) is 35.6 Å². The van der Waals surface area contributed by atoms with Crippen LogP contribution in [0.4, 0.5) is 5.69 Å². The van der Waals surface area contributed by atoms with E-state index in [0.717, 1.165) is 43.4 Å². The van der Waals surface area contributed by atoms with Gasteiger partial charge in [0, 0.05) is 31.9 Å². The number of benzene rings is 1. The number of aryl methyl sites for hydroxylation is 1. The number of carbonyl (C=O) groups excluding carboxylic acids is 1. The van der Waals surface area contributed by atoms with E-state index < -0.39 is 0 Å². The molecule has 0 aliphatic carbocycles. The predicted octanol–water partition coefficient (Wildman–Crippen LogP) is 1.77. The molecule has 0 aromatic heterocycles. The molecule has 2 rings (SSSR count). The van der Waals surface area contributed by atoms with Crippen molar-refractivity contribution < 1.29 is 4.79 Å². The van der Waals surface area contributed by atoms with Crippen molar-refractivity contribution in [3.63, 3.8) is 0 Å². The fourth-order valence-electron chi connectivity index (χ4n) is 2.11. The predicted molar refractivity (Wildman–Crippen MR) is 81.3 cm³/mol. The molecule has 5 heteroatoms. The molecule has 0 bridgehead atoms. The van der Waals surface area contributed by atoms with E-state index in [1.807, 2.05) is 12.1 Å². The largest absolute Gasteiger partial charge is 0.345 e. The second-order valence-electron chi connectivity index (χ2n) is 4.81. The number of hydrogen-bond donors (Lipinski definition) is 1. The van der Waals surface area contributed by atoms with Gasteiger partial charge in [-0.25, -0.2) is 0 Å². The number of amides is 1. The van der Waals surface area contributed by atoms with Crippen LogP contribution in [0.15, 0.2) is 18.2 Å². The van der Waals surface area contributed by atoms with Gasteiger partial charge in [-0.3, -0.25) is 4.79 Å². The highest BCUT2D eigenvalue weighted by atomic mass is 32.1. The molecule has 0 unspecified atom stereocenters. The minimum Gasteiger partial charge on any atom is -0.345 e. The molecule has 1 aromatic rings. The Morgan fingerprint density at radius 3 is 2.58 bits per heavy atom. The lowest BCUT2D eigenvalue weighted by Crippen LogP contribution is -2.49. The number of piperazine rings is 1. The van der Waals surface area contributed by atoms with Gasteiger partial charge in [0.05, 0.1) is 0 Å². The first kappa shape index (κ1) is 13.8. The SMILES string of the molecule is Cc1cccc(NC(=S)N2CCN(C=O)CC2)c1C. The highest BCUT2D eigenvalue weighted by Gasteiger charge is 2.17. The number of nitrogens with one attached hydrogen (secondary N) is 1. The highest BCUT2D eigenvalue weighted by molar-refractivity contribution is 7.80. The summed E-state index contributed by atoms with van der Waals surface area (Å²) in [4.78, 5) is 14.6. The zero-order valence-corrected chi connectivity index (χ0v) is 12.2. The first-order chi connectivity index (χ1) is 9.11. The van der Waals surface area contributed by atoms with Gasteiger partial charge in [-0.05, 0) is 43.3 Å². The maximum absolute atomic E-state index is 10.7. The van der Waals surface area contributed by atoms with Crippen molar-refractivity contribution >= 4 is 29.4 Å². The molecule has 1 aliphatic rings. The first-order valence-corrected chi connectivity index (χ1v) is 6.84. The molecule has 4 nitrogen and oxygen atoms in total. The summed E-state index contributed by atoms with van der Waals surface area (Å²) in [6.07, 6.45) is 0.901. The van der Waals surface area contributed by atoms with E-state index in [2.05, 4.69) is 30.1 Å². The second-order valence-corrected chi connectivity index (χ2v) is 5.19. The van der Waals surface area contributed by atoms with E-state index in [4.69, 9.17) is 12.2 Å². The molecule has 1 saturated heterocycles. The maximum atomic E-state index is 10.7. The Hall–Kier alpha value is -1.62. The highest BCUT2D eigenvalue weighted by Crippen LogP contribution is 2.18. The standard InChI is InChI=1S/C14H19N3OS/c1-11-4-3-5-13(12(11)2)15-14(19)17-8-6-16(10-18)7-9-17/h3-5,10H,6-9H2,1-2H3,(H,15,19). The van der Waals surface area contributed by atoms with Crippen LogP contribution in [0, 0.1) is 13.8 Å². The van der Waals surface area contributed by atoms with Crippen LogP contribution in [0.5, 0.6) is 0 Å². The number of thiocarbonyl (C=S) groups is 1. The van der Waals surface area contributed by atoms with E-state index in [1.165, 1.54) is 11.1 Å². The molecule has 1 amide bonds. The van der Waals surface area contributed by atoms with Gasteiger partial charge in [-0.1, -0.05) is 12.1 Å². The van der Waals surface area contributed by atoms with E-state index in [9.17, 15) is 4.79 Å². The molecular formula is C14H19N3OS. The van der Waals surface area contributed by atoms with Gasteiger partial charge in [-0.15, -0.1) is 0 Å². The zero-order valence-electron chi connectivity index (χ0n) is 11.3. The Labute approximate surface area is 119 Å². The number of nitrogens with zero attached hydrogens (tertiary/aromatic N) is 2. The van der Waals surface area contributed by atoms with E-state index in [-0.39, 0.29) is 0 Å². The van der Waals surface area contributed by atoms with Crippen molar-refractivity contribution in [3.05, 3.63) is 29.3 Å². The normalized spacial score (nSPS) is 15.3. The Morgan fingerprint density at radius 2 is 1.95 bits per heavy atom. The molecule has 1 N–H and O–H groups in total. The minimum absolute atomic E-state index is 0.734. The monoisotopic (exact) mass is 277 g/mol. The van der Waals surface area contributed by atoms with Crippen molar-refractivity contribution in [1.82, 2.24) is 9.80 Å². The average Bonchev–Trinajstić information content (AvgIpc) is 2.44. The fraction of sp³-hybridized carbons (Fsp3) is 0.429. The molecule has 1 aliphatic heterocycles. The van der Waals surface area contributed by atoms with Crippen molar-refractivity contribution in [2.75, 3.05) is 31.5 Å². The van der Waals surface area contributed by atoms with Crippen LogP contribution >= 0.6 is 12.2 Å². The quantitative estimate of drug-likeness (QED) is 0.660. The van der Waals surface area contributed by atoms with Gasteiger partial charge < -0.3 is 15.1 Å². The fourth-order valence-corrected chi connectivity index (χ4v) is 2.40. The van der Waals surface area contributed by atoms with Gasteiger partial charge in [0.25, 0.3) is 0 Å². The van der Waals surface area contributed by atoms with Crippen molar-refractivity contribution in [1.29, 1.82) is 0 Å². The van der Waals surface area contributed by atoms with Gasteiger partial charge in [-0.2, -0.15) is 0 Å². The van der Waals surface area contributed by atoms with Crippen LogP contribution in [0.3, 0.4) is 0 Å². The Balaban J connectivity index is 1.98. The second kappa shape index (κ2) is 6.02. The van der Waals surface area contributed by atoms with Crippen LogP contribution in [0.1, 0.15) is 11.1 Å². The van der Waals surface area contributed by atoms with Crippen molar-refractivity contribution in [2.45, 2.75) is 13.8 Å². The summed E-state index contributed by atoms with van der Waals surface area (Å²) in [5, 5.41) is 4.04. The lowest BCUT2D eigenvalue weighted by Gasteiger charge is -2.34. The molecule has 0 atom stereocenters. The molecule has 1 aromatic carbocycles.